The summed E-state index contributed by atoms with van der Waals surface area (Å²) in [5.74, 6) is 0.800. The summed E-state index contributed by atoms with van der Waals surface area (Å²) in [7, 11) is 1.68. The Morgan fingerprint density at radius 2 is 2.25 bits per heavy atom. The molecule has 0 unspecified atom stereocenters. The fraction of sp³-hybridized carbons (Fsp3) is 0.714. The molecule has 5 nitrogen and oxygen atoms in total. The van der Waals surface area contributed by atoms with Gasteiger partial charge in [0, 0.05) is 20.1 Å². The molecule has 0 aromatic carbocycles. The van der Waals surface area contributed by atoms with Gasteiger partial charge in [0.05, 0.1) is 6.04 Å². The molecule has 1 aliphatic rings. The van der Waals surface area contributed by atoms with Crippen LogP contribution in [0.5, 0.6) is 0 Å². The first-order valence-corrected chi connectivity index (χ1v) is 4.03. The molecule has 0 spiro atoms. The van der Waals surface area contributed by atoms with Crippen molar-refractivity contribution in [1.29, 1.82) is 0 Å². The Morgan fingerprint density at radius 1 is 1.58 bits per heavy atom. The van der Waals surface area contributed by atoms with Gasteiger partial charge in [-0.2, -0.15) is 5.10 Å². The number of hydrogen-bond donors (Lipinski definition) is 1. The molecule has 1 N–H and O–H groups in total. The minimum atomic E-state index is -0.0148. The standard InChI is InChI=1S/C7H12N4O/c1-5-9-10(2)7(12)11(5)6-3-8-4-6/h6,8H,3-4H2,1-2H3. The van der Waals surface area contributed by atoms with Gasteiger partial charge in [0.1, 0.15) is 5.82 Å². The van der Waals surface area contributed by atoms with Crippen LogP contribution in [0, 0.1) is 6.92 Å². The minimum absolute atomic E-state index is 0.0148. The Bertz CT molecular complexity index is 347. The van der Waals surface area contributed by atoms with Crippen LogP contribution < -0.4 is 11.0 Å². The molecular weight excluding hydrogens is 156 g/mol. The van der Waals surface area contributed by atoms with Gasteiger partial charge in [0.15, 0.2) is 0 Å². The SMILES string of the molecule is Cc1nn(C)c(=O)n1C1CNC1. The lowest BCUT2D eigenvalue weighted by atomic mass is 10.2. The average Bonchev–Trinajstić information content (AvgIpc) is 2.13. The van der Waals surface area contributed by atoms with E-state index in [1.165, 1.54) is 4.68 Å². The molecule has 1 aromatic heterocycles. The summed E-state index contributed by atoms with van der Waals surface area (Å²) in [6.07, 6.45) is 0. The lowest BCUT2D eigenvalue weighted by Crippen LogP contribution is -2.47. The summed E-state index contributed by atoms with van der Waals surface area (Å²) in [6, 6.07) is 0.311. The van der Waals surface area contributed by atoms with Crippen LogP contribution in [0.3, 0.4) is 0 Å². The second-order valence-corrected chi connectivity index (χ2v) is 3.14. The number of nitrogens with zero attached hydrogens (tertiary/aromatic N) is 3. The van der Waals surface area contributed by atoms with E-state index in [0.29, 0.717) is 6.04 Å². The van der Waals surface area contributed by atoms with Crippen LogP contribution in [0.2, 0.25) is 0 Å². The number of aryl methyl sites for hydroxylation is 2. The van der Waals surface area contributed by atoms with Gasteiger partial charge >= 0.3 is 5.69 Å². The first kappa shape index (κ1) is 7.54. The Morgan fingerprint density at radius 3 is 2.58 bits per heavy atom. The Labute approximate surface area is 70.0 Å². The molecule has 1 saturated heterocycles. The fourth-order valence-corrected chi connectivity index (χ4v) is 1.48. The van der Waals surface area contributed by atoms with Crippen molar-refractivity contribution in [1.82, 2.24) is 19.7 Å². The minimum Gasteiger partial charge on any atom is -0.313 e. The van der Waals surface area contributed by atoms with E-state index in [2.05, 4.69) is 10.4 Å². The maximum absolute atomic E-state index is 11.5. The van der Waals surface area contributed by atoms with Crippen molar-refractivity contribution in [2.45, 2.75) is 13.0 Å². The lowest BCUT2D eigenvalue weighted by molar-refractivity contribution is 0.330. The fourth-order valence-electron chi connectivity index (χ4n) is 1.48. The zero-order chi connectivity index (χ0) is 8.72. The van der Waals surface area contributed by atoms with Gasteiger partial charge in [0.25, 0.3) is 0 Å². The summed E-state index contributed by atoms with van der Waals surface area (Å²) >= 11 is 0. The average molecular weight is 168 g/mol. The van der Waals surface area contributed by atoms with Crippen LogP contribution in [0.4, 0.5) is 0 Å². The summed E-state index contributed by atoms with van der Waals surface area (Å²) in [6.45, 7) is 3.62. The molecule has 2 rings (SSSR count). The highest BCUT2D eigenvalue weighted by Crippen LogP contribution is 2.09. The third-order valence-corrected chi connectivity index (χ3v) is 2.25. The summed E-state index contributed by atoms with van der Waals surface area (Å²) in [4.78, 5) is 11.5. The zero-order valence-electron chi connectivity index (χ0n) is 7.24. The number of nitrogens with one attached hydrogen (secondary N) is 1. The normalized spacial score (nSPS) is 17.8. The smallest absolute Gasteiger partial charge is 0.313 e. The molecule has 0 amide bonds. The summed E-state index contributed by atoms with van der Waals surface area (Å²) < 4.78 is 3.13. The molecule has 12 heavy (non-hydrogen) atoms. The topological polar surface area (TPSA) is 51.9 Å². The van der Waals surface area contributed by atoms with Crippen LogP contribution in [0.15, 0.2) is 4.79 Å². The molecule has 66 valence electrons. The maximum atomic E-state index is 11.5. The molecule has 1 fully saturated rings. The number of aromatic nitrogens is 3. The van der Waals surface area contributed by atoms with Gasteiger partial charge in [-0.1, -0.05) is 0 Å². The number of rotatable bonds is 1. The first-order valence-electron chi connectivity index (χ1n) is 4.03. The summed E-state index contributed by atoms with van der Waals surface area (Å²) in [5, 5.41) is 7.18. The van der Waals surface area contributed by atoms with E-state index < -0.39 is 0 Å². The number of hydrogen-bond acceptors (Lipinski definition) is 3. The van der Waals surface area contributed by atoms with E-state index in [0.717, 1.165) is 18.9 Å². The zero-order valence-corrected chi connectivity index (χ0v) is 7.24. The Hall–Kier alpha value is -1.10. The van der Waals surface area contributed by atoms with Crippen LogP contribution in [-0.4, -0.2) is 27.4 Å². The van der Waals surface area contributed by atoms with Gasteiger partial charge in [-0.15, -0.1) is 0 Å². The largest absolute Gasteiger partial charge is 0.345 e. The van der Waals surface area contributed by atoms with Gasteiger partial charge in [-0.05, 0) is 6.92 Å². The molecule has 0 bridgehead atoms. The van der Waals surface area contributed by atoms with Gasteiger partial charge in [-0.3, -0.25) is 4.57 Å². The molecular formula is C7H12N4O. The molecule has 1 aromatic rings. The van der Waals surface area contributed by atoms with Crippen molar-refractivity contribution in [3.05, 3.63) is 16.3 Å². The van der Waals surface area contributed by atoms with Crippen molar-refractivity contribution in [2.75, 3.05) is 13.1 Å². The van der Waals surface area contributed by atoms with Crippen LogP contribution in [0.1, 0.15) is 11.9 Å². The van der Waals surface area contributed by atoms with E-state index in [9.17, 15) is 4.79 Å². The van der Waals surface area contributed by atoms with Crippen molar-refractivity contribution >= 4 is 0 Å². The summed E-state index contributed by atoms with van der Waals surface area (Å²) in [5.41, 5.74) is -0.0148. The van der Waals surface area contributed by atoms with Crippen molar-refractivity contribution in [3.8, 4) is 0 Å². The Kier molecular flexibility index (Phi) is 1.54. The highest BCUT2D eigenvalue weighted by atomic mass is 16.2. The first-order chi connectivity index (χ1) is 5.70. The third-order valence-electron chi connectivity index (χ3n) is 2.25. The van der Waals surface area contributed by atoms with E-state index in [4.69, 9.17) is 0 Å². The molecule has 0 atom stereocenters. The highest BCUT2D eigenvalue weighted by Gasteiger charge is 2.23. The molecule has 5 heteroatoms. The second kappa shape index (κ2) is 2.45. The van der Waals surface area contributed by atoms with Crippen LogP contribution in [-0.2, 0) is 7.05 Å². The van der Waals surface area contributed by atoms with Gasteiger partial charge in [0.2, 0.25) is 0 Å². The van der Waals surface area contributed by atoms with Crippen molar-refractivity contribution in [3.63, 3.8) is 0 Å². The predicted octanol–water partition coefficient (Wildman–Crippen LogP) is -0.965. The van der Waals surface area contributed by atoms with E-state index in [1.807, 2.05) is 6.92 Å². The Balaban J connectivity index is 2.47. The van der Waals surface area contributed by atoms with E-state index in [1.54, 1.807) is 11.6 Å². The molecule has 0 radical (unpaired) electrons. The van der Waals surface area contributed by atoms with Crippen LogP contribution >= 0.6 is 0 Å². The van der Waals surface area contributed by atoms with Crippen molar-refractivity contribution in [2.24, 2.45) is 7.05 Å². The second-order valence-electron chi connectivity index (χ2n) is 3.14. The van der Waals surface area contributed by atoms with Crippen LogP contribution in [0.25, 0.3) is 0 Å². The van der Waals surface area contributed by atoms with Crippen molar-refractivity contribution < 1.29 is 0 Å². The van der Waals surface area contributed by atoms with Gasteiger partial charge in [-0.25, -0.2) is 9.48 Å². The monoisotopic (exact) mass is 168 g/mol. The highest BCUT2D eigenvalue weighted by molar-refractivity contribution is 4.92. The molecule has 0 saturated carbocycles. The van der Waals surface area contributed by atoms with E-state index >= 15 is 0 Å². The predicted molar refractivity (Wildman–Crippen MR) is 44.1 cm³/mol. The quantitative estimate of drug-likeness (QED) is 0.587. The molecule has 0 aliphatic carbocycles. The third kappa shape index (κ3) is 0.896. The maximum Gasteiger partial charge on any atom is 0.345 e. The molecule has 1 aliphatic heterocycles. The molecule has 2 heterocycles. The van der Waals surface area contributed by atoms with Gasteiger partial charge < -0.3 is 5.32 Å². The lowest BCUT2D eigenvalue weighted by Gasteiger charge is -2.27. The van der Waals surface area contributed by atoms with E-state index in [-0.39, 0.29) is 5.69 Å².